The summed E-state index contributed by atoms with van der Waals surface area (Å²) in [6, 6.07) is 6.18. The van der Waals surface area contributed by atoms with Crippen LogP contribution in [0.4, 0.5) is 0 Å². The fourth-order valence-electron chi connectivity index (χ4n) is 2.56. The number of ether oxygens (including phenoxy) is 1. The van der Waals surface area contributed by atoms with Crippen LogP contribution in [0, 0.1) is 6.92 Å². The van der Waals surface area contributed by atoms with Gasteiger partial charge in [0.15, 0.2) is 0 Å². The molecule has 0 unspecified atom stereocenters. The molecule has 1 aliphatic heterocycles. The lowest BCUT2D eigenvalue weighted by Gasteiger charge is -2.09. The first-order chi connectivity index (χ1) is 9.65. The molecular weight excluding hydrogens is 256 g/mol. The van der Waals surface area contributed by atoms with E-state index in [0.717, 1.165) is 31.0 Å². The summed E-state index contributed by atoms with van der Waals surface area (Å²) in [5, 5.41) is 9.13. The van der Waals surface area contributed by atoms with Gasteiger partial charge in [0.25, 0.3) is 0 Å². The van der Waals surface area contributed by atoms with Crippen LogP contribution >= 0.6 is 0 Å². The molecule has 104 valence electrons. The Morgan fingerprint density at radius 3 is 3.15 bits per heavy atom. The highest BCUT2D eigenvalue weighted by Crippen LogP contribution is 2.26. The molecule has 1 aromatic heterocycles. The standard InChI is InChI=1S/C15H16N2O3/c1-10-16-9-13(15(18)19)17(10)6-4-11-2-3-14-12(8-11)5-7-20-14/h2-3,8-9H,4-7H2,1H3,(H,18,19). The predicted octanol–water partition coefficient (Wildman–Crippen LogP) is 2.07. The largest absolute Gasteiger partial charge is 0.493 e. The van der Waals surface area contributed by atoms with Crippen LogP contribution in [0.15, 0.2) is 24.4 Å². The molecule has 0 bridgehead atoms. The summed E-state index contributed by atoms with van der Waals surface area (Å²) in [6.07, 6.45) is 3.15. The van der Waals surface area contributed by atoms with E-state index in [0.29, 0.717) is 6.54 Å². The average Bonchev–Trinajstić information content (AvgIpc) is 3.02. The molecule has 0 spiro atoms. The molecule has 3 rings (SSSR count). The minimum Gasteiger partial charge on any atom is -0.493 e. The number of hydrogen-bond acceptors (Lipinski definition) is 3. The van der Waals surface area contributed by atoms with Gasteiger partial charge < -0.3 is 14.4 Å². The smallest absolute Gasteiger partial charge is 0.354 e. The van der Waals surface area contributed by atoms with Gasteiger partial charge in [0, 0.05) is 13.0 Å². The van der Waals surface area contributed by atoms with E-state index in [1.54, 1.807) is 4.57 Å². The van der Waals surface area contributed by atoms with E-state index >= 15 is 0 Å². The number of carboxylic acids is 1. The van der Waals surface area contributed by atoms with Gasteiger partial charge in [-0.3, -0.25) is 0 Å². The summed E-state index contributed by atoms with van der Waals surface area (Å²) in [6.45, 7) is 3.19. The molecule has 1 N–H and O–H groups in total. The number of aromatic carboxylic acids is 1. The Morgan fingerprint density at radius 2 is 2.35 bits per heavy atom. The van der Waals surface area contributed by atoms with Crippen molar-refractivity contribution in [3.8, 4) is 5.75 Å². The maximum Gasteiger partial charge on any atom is 0.354 e. The van der Waals surface area contributed by atoms with E-state index in [1.807, 2.05) is 19.1 Å². The molecule has 2 heterocycles. The lowest BCUT2D eigenvalue weighted by atomic mass is 10.1. The van der Waals surface area contributed by atoms with Gasteiger partial charge in [-0.1, -0.05) is 12.1 Å². The van der Waals surface area contributed by atoms with Crippen molar-refractivity contribution in [1.82, 2.24) is 9.55 Å². The molecule has 0 amide bonds. The Kier molecular flexibility index (Phi) is 3.18. The van der Waals surface area contributed by atoms with Crippen LogP contribution < -0.4 is 4.74 Å². The molecule has 5 nitrogen and oxygen atoms in total. The minimum absolute atomic E-state index is 0.243. The number of benzene rings is 1. The van der Waals surface area contributed by atoms with E-state index in [1.165, 1.54) is 17.3 Å². The Morgan fingerprint density at radius 1 is 1.50 bits per heavy atom. The quantitative estimate of drug-likeness (QED) is 0.925. The van der Waals surface area contributed by atoms with E-state index in [4.69, 9.17) is 9.84 Å². The molecule has 20 heavy (non-hydrogen) atoms. The monoisotopic (exact) mass is 272 g/mol. The number of aromatic nitrogens is 2. The van der Waals surface area contributed by atoms with Gasteiger partial charge in [-0.25, -0.2) is 9.78 Å². The molecule has 0 saturated heterocycles. The van der Waals surface area contributed by atoms with Crippen molar-refractivity contribution in [2.45, 2.75) is 26.3 Å². The molecule has 0 saturated carbocycles. The maximum atomic E-state index is 11.1. The predicted molar refractivity (Wildman–Crippen MR) is 73.3 cm³/mol. The van der Waals surface area contributed by atoms with Crippen molar-refractivity contribution in [3.63, 3.8) is 0 Å². The number of fused-ring (bicyclic) bond motifs is 1. The molecular formula is C15H16N2O3. The van der Waals surface area contributed by atoms with Crippen LogP contribution in [0.5, 0.6) is 5.75 Å². The van der Waals surface area contributed by atoms with Crippen molar-refractivity contribution in [3.05, 3.63) is 47.0 Å². The van der Waals surface area contributed by atoms with Crippen LogP contribution in [0.25, 0.3) is 0 Å². The Balaban J connectivity index is 1.77. The number of carbonyl (C=O) groups is 1. The SMILES string of the molecule is Cc1ncc(C(=O)O)n1CCc1ccc2c(c1)CCO2. The summed E-state index contributed by atoms with van der Waals surface area (Å²) in [4.78, 5) is 15.2. The summed E-state index contributed by atoms with van der Waals surface area (Å²) >= 11 is 0. The van der Waals surface area contributed by atoms with Crippen molar-refractivity contribution >= 4 is 5.97 Å². The first-order valence-corrected chi connectivity index (χ1v) is 6.65. The Hall–Kier alpha value is -2.30. The van der Waals surface area contributed by atoms with Crippen LogP contribution in [-0.2, 0) is 19.4 Å². The second-order valence-corrected chi connectivity index (χ2v) is 4.94. The number of hydrogen-bond donors (Lipinski definition) is 1. The van der Waals surface area contributed by atoms with Gasteiger partial charge >= 0.3 is 5.97 Å². The number of carboxylic acid groups (broad SMARTS) is 1. The average molecular weight is 272 g/mol. The van der Waals surface area contributed by atoms with E-state index < -0.39 is 5.97 Å². The number of imidazole rings is 1. The summed E-state index contributed by atoms with van der Waals surface area (Å²) in [5.41, 5.74) is 2.67. The third-order valence-electron chi connectivity index (χ3n) is 3.65. The lowest BCUT2D eigenvalue weighted by Crippen LogP contribution is -2.11. The molecule has 5 heteroatoms. The Labute approximate surface area is 116 Å². The second kappa shape index (κ2) is 5.00. The Bertz CT molecular complexity index is 661. The second-order valence-electron chi connectivity index (χ2n) is 4.94. The molecule has 0 aliphatic carbocycles. The number of aryl methyl sites for hydroxylation is 2. The normalized spacial score (nSPS) is 13.1. The zero-order chi connectivity index (χ0) is 14.1. The van der Waals surface area contributed by atoms with Crippen LogP contribution in [0.3, 0.4) is 0 Å². The van der Waals surface area contributed by atoms with Gasteiger partial charge in [-0.2, -0.15) is 0 Å². The first kappa shape index (κ1) is 12.7. The van der Waals surface area contributed by atoms with Gasteiger partial charge in [0.1, 0.15) is 17.3 Å². The van der Waals surface area contributed by atoms with Gasteiger partial charge in [0.2, 0.25) is 0 Å². The van der Waals surface area contributed by atoms with E-state index in [-0.39, 0.29) is 5.69 Å². The molecule has 1 aromatic carbocycles. The van der Waals surface area contributed by atoms with Crippen molar-refractivity contribution in [1.29, 1.82) is 0 Å². The molecule has 2 aromatic rings. The molecule has 0 atom stereocenters. The van der Waals surface area contributed by atoms with Gasteiger partial charge in [-0.05, 0) is 30.5 Å². The highest BCUT2D eigenvalue weighted by Gasteiger charge is 2.14. The van der Waals surface area contributed by atoms with Crippen LogP contribution in [-0.4, -0.2) is 27.2 Å². The molecule has 1 aliphatic rings. The summed E-state index contributed by atoms with van der Waals surface area (Å²) in [7, 11) is 0. The minimum atomic E-state index is -0.937. The van der Waals surface area contributed by atoms with E-state index in [2.05, 4.69) is 11.1 Å². The highest BCUT2D eigenvalue weighted by molar-refractivity contribution is 5.85. The van der Waals surface area contributed by atoms with Crippen molar-refractivity contribution < 1.29 is 14.6 Å². The lowest BCUT2D eigenvalue weighted by molar-refractivity contribution is 0.0684. The zero-order valence-electron chi connectivity index (χ0n) is 11.3. The van der Waals surface area contributed by atoms with Crippen LogP contribution in [0.1, 0.15) is 27.4 Å². The van der Waals surface area contributed by atoms with Crippen molar-refractivity contribution in [2.24, 2.45) is 0 Å². The summed E-state index contributed by atoms with van der Waals surface area (Å²) in [5.74, 6) is 0.763. The molecule has 0 radical (unpaired) electrons. The zero-order valence-corrected chi connectivity index (χ0v) is 11.3. The molecule has 0 fully saturated rings. The first-order valence-electron chi connectivity index (χ1n) is 6.65. The highest BCUT2D eigenvalue weighted by atomic mass is 16.5. The fourth-order valence-corrected chi connectivity index (χ4v) is 2.56. The third kappa shape index (κ3) is 2.27. The fraction of sp³-hybridized carbons (Fsp3) is 0.333. The van der Waals surface area contributed by atoms with Crippen molar-refractivity contribution in [2.75, 3.05) is 6.61 Å². The third-order valence-corrected chi connectivity index (χ3v) is 3.65. The van der Waals surface area contributed by atoms with Crippen LogP contribution in [0.2, 0.25) is 0 Å². The number of nitrogens with zero attached hydrogens (tertiary/aromatic N) is 2. The van der Waals surface area contributed by atoms with Gasteiger partial charge in [-0.15, -0.1) is 0 Å². The number of rotatable bonds is 4. The van der Waals surface area contributed by atoms with Gasteiger partial charge in [0.05, 0.1) is 12.8 Å². The summed E-state index contributed by atoms with van der Waals surface area (Å²) < 4.78 is 7.22. The maximum absolute atomic E-state index is 11.1. The van der Waals surface area contributed by atoms with E-state index in [9.17, 15) is 4.79 Å². The topological polar surface area (TPSA) is 64.3 Å².